The molecule has 418 valence electrons. The third-order valence-electron chi connectivity index (χ3n) is 15.6. The fraction of sp³-hybridized carbons (Fsp3) is 0. The minimum absolute atomic E-state index is 0.0236. The van der Waals surface area contributed by atoms with Crippen molar-refractivity contribution >= 4 is 77.7 Å². The molecule has 0 N–H and O–H groups in total. The summed E-state index contributed by atoms with van der Waals surface area (Å²) in [5.41, 5.74) is -0.478. The maximum absolute atomic E-state index is 17.5. The number of hydrogen-bond donors (Lipinski definition) is 0. The van der Waals surface area contributed by atoms with Gasteiger partial charge in [0.05, 0.1) is 33.2 Å². The zero-order valence-electron chi connectivity index (χ0n) is 44.7. The summed E-state index contributed by atoms with van der Waals surface area (Å²) in [4.78, 5) is 1.79. The van der Waals surface area contributed by atoms with Crippen molar-refractivity contribution in [2.24, 2.45) is 0 Å². The number of rotatable bonds is 11. The number of aromatic nitrogens is 2. The van der Waals surface area contributed by atoms with E-state index in [2.05, 4.69) is 0 Å². The predicted octanol–water partition coefficient (Wildman–Crippen LogP) is 21.2. The number of para-hydroxylation sites is 2. The van der Waals surface area contributed by atoms with E-state index in [-0.39, 0.29) is 22.7 Å². The van der Waals surface area contributed by atoms with Gasteiger partial charge in [0.1, 0.15) is 23.0 Å². The second-order valence-electron chi connectivity index (χ2n) is 20.5. The third kappa shape index (κ3) is 8.70. The molecule has 0 aliphatic rings. The summed E-state index contributed by atoms with van der Waals surface area (Å²) in [6.45, 7) is 0. The van der Waals surface area contributed by atoms with Crippen molar-refractivity contribution in [3.63, 3.8) is 0 Å². The lowest BCUT2D eigenvalue weighted by Crippen LogP contribution is -2.19. The molecule has 2 heterocycles. The first-order valence-corrected chi connectivity index (χ1v) is 27.1. The monoisotopic (exact) mass is 1150 g/mol. The quantitative estimate of drug-likeness (QED) is 0.0948. The van der Waals surface area contributed by atoms with E-state index in [0.29, 0.717) is 66.1 Å². The van der Waals surface area contributed by atoms with Crippen molar-refractivity contribution in [1.82, 2.24) is 9.13 Å². The molecule has 0 unspecified atom stereocenters. The smallest absolute Gasteiger partial charge is 0.186 e. The number of hydrogen-bond acceptors (Lipinski definition) is 2. The van der Waals surface area contributed by atoms with Crippen LogP contribution in [0.5, 0.6) is 0 Å². The maximum atomic E-state index is 17.5. The van der Waals surface area contributed by atoms with Crippen LogP contribution < -0.4 is 9.80 Å². The normalized spacial score (nSPS) is 11.6. The molecule has 14 heteroatoms. The molecule has 2 aromatic heterocycles. The maximum Gasteiger partial charge on any atom is 0.186 e. The molecule has 0 bridgehead atoms. The zero-order chi connectivity index (χ0) is 59.1. The van der Waals surface area contributed by atoms with Crippen molar-refractivity contribution in [2.75, 3.05) is 9.80 Å². The van der Waals surface area contributed by atoms with Crippen LogP contribution >= 0.6 is 0 Å². The lowest BCUT2D eigenvalue weighted by atomic mass is 9.98. The summed E-state index contributed by atoms with van der Waals surface area (Å²) in [5.74, 6) is -19.0. The molecular formula is C72H40F10N4. The molecule has 14 rings (SSSR count). The Morgan fingerprint density at radius 1 is 0.233 bits per heavy atom. The number of fused-ring (bicyclic) bond motifs is 6. The fourth-order valence-corrected chi connectivity index (χ4v) is 11.7. The van der Waals surface area contributed by atoms with Crippen LogP contribution in [0.4, 0.5) is 78.0 Å². The first-order valence-electron chi connectivity index (χ1n) is 27.1. The molecule has 0 aliphatic heterocycles. The zero-order valence-corrected chi connectivity index (χ0v) is 44.7. The largest absolute Gasteiger partial charge is 0.309 e. The van der Waals surface area contributed by atoms with Crippen LogP contribution in [0, 0.1) is 58.2 Å². The van der Waals surface area contributed by atoms with Crippen molar-refractivity contribution < 1.29 is 43.9 Å². The Hall–Kier alpha value is -10.9. The van der Waals surface area contributed by atoms with E-state index in [1.165, 1.54) is 72.8 Å². The summed E-state index contributed by atoms with van der Waals surface area (Å²) in [5, 5.41) is 2.27. The Kier molecular flexibility index (Phi) is 13.0. The molecule has 0 spiro atoms. The molecule has 0 amide bonds. The van der Waals surface area contributed by atoms with Gasteiger partial charge in [0, 0.05) is 55.7 Å². The second-order valence-corrected chi connectivity index (χ2v) is 20.5. The van der Waals surface area contributed by atoms with E-state index >= 15 is 35.1 Å². The molecule has 4 nitrogen and oxygen atoms in total. The minimum atomic E-state index is -2.36. The molecule has 0 atom stereocenters. The van der Waals surface area contributed by atoms with Crippen LogP contribution in [0.1, 0.15) is 0 Å². The molecule has 0 saturated carbocycles. The van der Waals surface area contributed by atoms with Gasteiger partial charge in [-0.2, -0.15) is 0 Å². The first-order chi connectivity index (χ1) is 41.8. The highest BCUT2D eigenvalue weighted by atomic mass is 19.2. The van der Waals surface area contributed by atoms with E-state index < -0.39 is 80.7 Å². The molecule has 0 saturated heterocycles. The van der Waals surface area contributed by atoms with Crippen LogP contribution in [0.2, 0.25) is 0 Å². The van der Waals surface area contributed by atoms with Crippen LogP contribution in [-0.2, 0) is 0 Å². The van der Waals surface area contributed by atoms with Gasteiger partial charge in [0.15, 0.2) is 46.5 Å². The van der Waals surface area contributed by atoms with Crippen LogP contribution in [0.25, 0.3) is 88.4 Å². The van der Waals surface area contributed by atoms with E-state index in [0.717, 1.165) is 20.9 Å². The van der Waals surface area contributed by atoms with E-state index in [9.17, 15) is 8.78 Å². The summed E-state index contributed by atoms with van der Waals surface area (Å²) < 4.78 is 171. The summed E-state index contributed by atoms with van der Waals surface area (Å²) in [6.07, 6.45) is 0. The number of halogens is 10. The van der Waals surface area contributed by atoms with Gasteiger partial charge in [-0.15, -0.1) is 0 Å². The van der Waals surface area contributed by atoms with Gasteiger partial charge >= 0.3 is 0 Å². The van der Waals surface area contributed by atoms with Gasteiger partial charge in [-0.3, -0.25) is 0 Å². The van der Waals surface area contributed by atoms with Gasteiger partial charge in [-0.05, 0) is 144 Å². The van der Waals surface area contributed by atoms with E-state index in [1.807, 2.05) is 81.9 Å². The minimum Gasteiger partial charge on any atom is -0.309 e. The molecule has 0 radical (unpaired) electrons. The summed E-state index contributed by atoms with van der Waals surface area (Å²) in [6, 6.07) is 65.5. The van der Waals surface area contributed by atoms with Gasteiger partial charge in [-0.1, -0.05) is 121 Å². The Morgan fingerprint density at radius 3 is 0.872 bits per heavy atom. The molecule has 0 aliphatic carbocycles. The van der Waals surface area contributed by atoms with Crippen LogP contribution in [-0.4, -0.2) is 9.13 Å². The summed E-state index contributed by atoms with van der Waals surface area (Å²) >= 11 is 0. The lowest BCUT2D eigenvalue weighted by Gasteiger charge is -2.28. The van der Waals surface area contributed by atoms with Gasteiger partial charge in [-0.25, -0.2) is 43.9 Å². The molecular weight excluding hydrogens is 1110 g/mol. The fourth-order valence-electron chi connectivity index (χ4n) is 11.7. The third-order valence-corrected chi connectivity index (χ3v) is 15.6. The van der Waals surface area contributed by atoms with E-state index in [1.54, 1.807) is 97.1 Å². The number of nitrogens with zero attached hydrogens (tertiary/aromatic N) is 4. The first kappa shape index (κ1) is 53.2. The van der Waals surface area contributed by atoms with Crippen LogP contribution in [0.15, 0.2) is 243 Å². The topological polar surface area (TPSA) is 16.3 Å². The Bertz CT molecular complexity index is 4600. The highest BCUT2D eigenvalue weighted by molar-refractivity contribution is 6.12. The van der Waals surface area contributed by atoms with Crippen LogP contribution in [0.3, 0.4) is 0 Å². The molecule has 12 aromatic carbocycles. The van der Waals surface area contributed by atoms with Gasteiger partial charge < -0.3 is 18.9 Å². The Labute approximate surface area is 484 Å². The Balaban J connectivity index is 0.940. The van der Waals surface area contributed by atoms with Gasteiger partial charge in [0.25, 0.3) is 0 Å². The average Bonchev–Trinajstić information content (AvgIpc) is 1.59. The van der Waals surface area contributed by atoms with Crippen molar-refractivity contribution in [1.29, 1.82) is 0 Å². The SMILES string of the molecule is Fc1ccc(-n2c3ccccc3c3cc(N(c4ccc(-c5ccccc5)cc4)c4c(F)c(F)c(-c5c(F)c(F)c(N(c6ccc(-c7ccccc7)cc6)c6ccc7c(c6)c6ccccc6n7-c6ccc(F)cc6)c(F)c5F)c(F)c4F)ccc32)cc1. The molecule has 0 fully saturated rings. The van der Waals surface area contributed by atoms with Crippen molar-refractivity contribution in [2.45, 2.75) is 0 Å². The van der Waals surface area contributed by atoms with E-state index in [4.69, 9.17) is 0 Å². The second kappa shape index (κ2) is 21.1. The number of benzene rings is 12. The highest BCUT2D eigenvalue weighted by Crippen LogP contribution is 2.49. The Morgan fingerprint density at radius 2 is 0.523 bits per heavy atom. The standard InChI is InChI=1S/C72H40F10N4/c73-45-23-31-49(32-24-45)85-57-17-9-7-15-53(57)55-39-51(35-37-59(55)85)83(47-27-19-43(20-28-47)41-11-3-1-4-12-41)71-67(79)63(75)61(64(76)68(71)80)62-65(77)69(81)72(70(82)66(62)78)84(48-29-21-44(22-30-48)42-13-5-2-6-14-42)52-36-38-60-56(40-52)54-16-8-10-18-58(54)86(60)50-33-25-46(74)26-34-50/h1-40H. The lowest BCUT2D eigenvalue weighted by molar-refractivity contribution is 0.444. The van der Waals surface area contributed by atoms with Gasteiger partial charge in [0.2, 0.25) is 0 Å². The molecule has 86 heavy (non-hydrogen) atoms. The highest BCUT2D eigenvalue weighted by Gasteiger charge is 2.38. The average molecular weight is 1150 g/mol. The molecule has 14 aromatic rings. The van der Waals surface area contributed by atoms with Crippen molar-refractivity contribution in [3.8, 4) is 44.8 Å². The predicted molar refractivity (Wildman–Crippen MR) is 320 cm³/mol. The van der Waals surface area contributed by atoms with Crippen molar-refractivity contribution in [3.05, 3.63) is 301 Å². The number of anilines is 6. The summed E-state index contributed by atoms with van der Waals surface area (Å²) in [7, 11) is 0.